The Hall–Kier alpha value is -1.03. The molecule has 1 aliphatic rings. The van der Waals surface area contributed by atoms with Gasteiger partial charge in [-0.05, 0) is 24.6 Å². The van der Waals surface area contributed by atoms with Crippen LogP contribution in [0.5, 0.6) is 5.75 Å². The van der Waals surface area contributed by atoms with Crippen LogP contribution in [-0.4, -0.2) is 35.8 Å². The topological polar surface area (TPSA) is 29.5 Å². The van der Waals surface area contributed by atoms with Crippen molar-refractivity contribution in [1.29, 1.82) is 0 Å². The standard InChI is InChI=1S/C12H14BrNO2/c1-16-11-4-2-3-9(7-11)12(15)14-6-5-10(13)8-14/h2-4,7,10H,5-6,8H2,1H3. The molecule has 0 bridgehead atoms. The zero-order valence-electron chi connectivity index (χ0n) is 9.15. The molecule has 0 saturated carbocycles. The van der Waals surface area contributed by atoms with Crippen LogP contribution < -0.4 is 4.74 Å². The highest BCUT2D eigenvalue weighted by molar-refractivity contribution is 9.09. The maximum absolute atomic E-state index is 12.1. The number of rotatable bonds is 2. The summed E-state index contributed by atoms with van der Waals surface area (Å²) in [5.41, 5.74) is 0.695. The van der Waals surface area contributed by atoms with Crippen molar-refractivity contribution in [2.75, 3.05) is 20.2 Å². The second-order valence-corrected chi connectivity index (χ2v) is 5.16. The zero-order chi connectivity index (χ0) is 11.5. The Bertz CT molecular complexity index is 394. The molecule has 2 rings (SSSR count). The first-order valence-corrected chi connectivity index (χ1v) is 6.19. The average molecular weight is 284 g/mol. The maximum atomic E-state index is 12.1. The van der Waals surface area contributed by atoms with Crippen LogP contribution in [0.4, 0.5) is 0 Å². The monoisotopic (exact) mass is 283 g/mol. The molecule has 0 N–H and O–H groups in total. The normalized spacial score (nSPS) is 19.9. The third-order valence-electron chi connectivity index (χ3n) is 2.73. The molecule has 3 nitrogen and oxygen atoms in total. The van der Waals surface area contributed by atoms with E-state index in [0.29, 0.717) is 10.4 Å². The fourth-order valence-corrected chi connectivity index (χ4v) is 2.40. The van der Waals surface area contributed by atoms with Gasteiger partial charge in [0.05, 0.1) is 7.11 Å². The summed E-state index contributed by atoms with van der Waals surface area (Å²) in [5.74, 6) is 0.807. The van der Waals surface area contributed by atoms with Crippen molar-refractivity contribution in [2.24, 2.45) is 0 Å². The van der Waals surface area contributed by atoms with Gasteiger partial charge in [0.25, 0.3) is 5.91 Å². The van der Waals surface area contributed by atoms with Crippen LogP contribution in [0.15, 0.2) is 24.3 Å². The predicted molar refractivity (Wildman–Crippen MR) is 66.2 cm³/mol. The number of methoxy groups -OCH3 is 1. The number of hydrogen-bond acceptors (Lipinski definition) is 2. The highest BCUT2D eigenvalue weighted by Crippen LogP contribution is 2.20. The Kier molecular flexibility index (Phi) is 3.49. The van der Waals surface area contributed by atoms with Gasteiger partial charge in [0.2, 0.25) is 0 Å². The minimum Gasteiger partial charge on any atom is -0.497 e. The van der Waals surface area contributed by atoms with E-state index in [9.17, 15) is 4.79 Å². The highest BCUT2D eigenvalue weighted by atomic mass is 79.9. The molecule has 1 saturated heterocycles. The minimum atomic E-state index is 0.0841. The second kappa shape index (κ2) is 4.87. The van der Waals surface area contributed by atoms with Gasteiger partial charge in [0, 0.05) is 23.5 Å². The lowest BCUT2D eigenvalue weighted by Gasteiger charge is -2.15. The number of amides is 1. The van der Waals surface area contributed by atoms with Crippen molar-refractivity contribution in [1.82, 2.24) is 4.90 Å². The quantitative estimate of drug-likeness (QED) is 0.780. The van der Waals surface area contributed by atoms with E-state index in [-0.39, 0.29) is 5.91 Å². The summed E-state index contributed by atoms with van der Waals surface area (Å²) in [4.78, 5) is 14.4. The first-order chi connectivity index (χ1) is 7.70. The number of nitrogens with zero attached hydrogens (tertiary/aromatic N) is 1. The summed E-state index contributed by atoms with van der Waals surface area (Å²) >= 11 is 3.53. The van der Waals surface area contributed by atoms with Gasteiger partial charge in [-0.1, -0.05) is 22.0 Å². The molecule has 1 aliphatic heterocycles. The van der Waals surface area contributed by atoms with Crippen LogP contribution in [0.25, 0.3) is 0 Å². The van der Waals surface area contributed by atoms with Gasteiger partial charge < -0.3 is 9.64 Å². The first-order valence-electron chi connectivity index (χ1n) is 5.28. The molecule has 0 aliphatic carbocycles. The number of alkyl halides is 1. The summed E-state index contributed by atoms with van der Waals surface area (Å²) in [6, 6.07) is 7.29. The largest absolute Gasteiger partial charge is 0.497 e. The molecular formula is C12H14BrNO2. The van der Waals surface area contributed by atoms with Crippen LogP contribution in [0, 0.1) is 0 Å². The Morgan fingerprint density at radius 2 is 2.38 bits per heavy atom. The second-order valence-electron chi connectivity index (χ2n) is 3.87. The Morgan fingerprint density at radius 1 is 1.56 bits per heavy atom. The maximum Gasteiger partial charge on any atom is 0.254 e. The first kappa shape index (κ1) is 11.5. The van der Waals surface area contributed by atoms with E-state index in [1.807, 2.05) is 23.1 Å². The molecule has 1 unspecified atom stereocenters. The van der Waals surface area contributed by atoms with Gasteiger partial charge >= 0.3 is 0 Å². The number of benzene rings is 1. The summed E-state index contributed by atoms with van der Waals surface area (Å²) in [6.07, 6.45) is 1.02. The molecule has 1 aromatic rings. The Balaban J connectivity index is 2.14. The lowest BCUT2D eigenvalue weighted by molar-refractivity contribution is 0.0793. The van der Waals surface area contributed by atoms with Crippen LogP contribution >= 0.6 is 15.9 Å². The van der Waals surface area contributed by atoms with E-state index in [2.05, 4.69) is 15.9 Å². The van der Waals surface area contributed by atoms with E-state index in [0.717, 1.165) is 25.3 Å². The van der Waals surface area contributed by atoms with E-state index < -0.39 is 0 Å². The van der Waals surface area contributed by atoms with Crippen molar-refractivity contribution >= 4 is 21.8 Å². The number of likely N-dealkylation sites (tertiary alicyclic amines) is 1. The van der Waals surface area contributed by atoms with Crippen LogP contribution in [0.3, 0.4) is 0 Å². The molecule has 86 valence electrons. The average Bonchev–Trinajstić information content (AvgIpc) is 2.75. The zero-order valence-corrected chi connectivity index (χ0v) is 10.7. The third kappa shape index (κ3) is 2.38. The van der Waals surface area contributed by atoms with Gasteiger partial charge in [-0.3, -0.25) is 4.79 Å². The van der Waals surface area contributed by atoms with E-state index in [1.165, 1.54) is 0 Å². The van der Waals surface area contributed by atoms with Crippen molar-refractivity contribution < 1.29 is 9.53 Å². The number of ether oxygens (including phenoxy) is 1. The number of halogens is 1. The van der Waals surface area contributed by atoms with Gasteiger partial charge in [0.1, 0.15) is 5.75 Å². The fourth-order valence-electron chi connectivity index (χ4n) is 1.84. The molecule has 16 heavy (non-hydrogen) atoms. The molecule has 1 amide bonds. The van der Waals surface area contributed by atoms with Crippen molar-refractivity contribution in [2.45, 2.75) is 11.2 Å². The van der Waals surface area contributed by atoms with Gasteiger partial charge in [-0.15, -0.1) is 0 Å². The molecular weight excluding hydrogens is 270 g/mol. The lowest BCUT2D eigenvalue weighted by Crippen LogP contribution is -2.28. The molecule has 1 heterocycles. The molecule has 0 spiro atoms. The molecule has 0 radical (unpaired) electrons. The Labute approximate surface area is 104 Å². The summed E-state index contributed by atoms with van der Waals surface area (Å²) in [7, 11) is 1.61. The molecule has 1 aromatic carbocycles. The van der Waals surface area contributed by atoms with Crippen molar-refractivity contribution in [3.05, 3.63) is 29.8 Å². The molecule has 0 aromatic heterocycles. The summed E-state index contributed by atoms with van der Waals surface area (Å²) in [5, 5.41) is 0. The molecule has 4 heteroatoms. The van der Waals surface area contributed by atoms with E-state index in [1.54, 1.807) is 13.2 Å². The number of carbonyl (C=O) groups excluding carboxylic acids is 1. The van der Waals surface area contributed by atoms with Gasteiger partial charge in [-0.25, -0.2) is 0 Å². The highest BCUT2D eigenvalue weighted by Gasteiger charge is 2.25. The van der Waals surface area contributed by atoms with Gasteiger partial charge in [-0.2, -0.15) is 0 Å². The van der Waals surface area contributed by atoms with Crippen molar-refractivity contribution in [3.8, 4) is 5.75 Å². The van der Waals surface area contributed by atoms with E-state index >= 15 is 0 Å². The minimum absolute atomic E-state index is 0.0841. The Morgan fingerprint density at radius 3 is 3.00 bits per heavy atom. The molecule has 1 fully saturated rings. The predicted octanol–water partition coefficient (Wildman–Crippen LogP) is 2.30. The summed E-state index contributed by atoms with van der Waals surface area (Å²) in [6.45, 7) is 1.61. The fraction of sp³-hybridized carbons (Fsp3) is 0.417. The number of hydrogen-bond donors (Lipinski definition) is 0. The molecule has 1 atom stereocenters. The summed E-state index contributed by atoms with van der Waals surface area (Å²) < 4.78 is 5.11. The van der Waals surface area contributed by atoms with Crippen molar-refractivity contribution in [3.63, 3.8) is 0 Å². The van der Waals surface area contributed by atoms with Gasteiger partial charge in [0.15, 0.2) is 0 Å². The SMILES string of the molecule is COc1cccc(C(=O)N2CCC(Br)C2)c1. The number of carbonyl (C=O) groups is 1. The van der Waals surface area contributed by atoms with Crippen LogP contribution in [0.2, 0.25) is 0 Å². The van der Waals surface area contributed by atoms with Crippen LogP contribution in [-0.2, 0) is 0 Å². The lowest BCUT2D eigenvalue weighted by atomic mass is 10.2. The van der Waals surface area contributed by atoms with E-state index in [4.69, 9.17) is 4.74 Å². The van der Waals surface area contributed by atoms with Crippen LogP contribution in [0.1, 0.15) is 16.8 Å². The smallest absolute Gasteiger partial charge is 0.254 e. The third-order valence-corrected chi connectivity index (χ3v) is 3.48.